The number of carbonyl (C=O) groups is 1. The Kier molecular flexibility index (Phi) is 6.43. The van der Waals surface area contributed by atoms with Gasteiger partial charge in [-0.1, -0.05) is 35.5 Å². The minimum atomic E-state index is -0.618. The highest BCUT2D eigenvalue weighted by Gasteiger charge is 2.17. The first-order valence-electron chi connectivity index (χ1n) is 9.75. The van der Waals surface area contributed by atoms with Crippen LogP contribution < -0.4 is 10.9 Å². The molecule has 0 aliphatic heterocycles. The molecule has 9 nitrogen and oxygen atoms in total. The molecule has 10 heteroatoms. The van der Waals surface area contributed by atoms with Crippen molar-refractivity contribution in [2.45, 2.75) is 6.54 Å². The Morgan fingerprint density at radius 2 is 2.12 bits per heavy atom. The van der Waals surface area contributed by atoms with Gasteiger partial charge in [0.05, 0.1) is 23.8 Å². The number of H-pyrrole nitrogens is 1. The molecule has 0 saturated carbocycles. The number of nitriles is 1. The second-order valence-corrected chi connectivity index (χ2v) is 7.75. The SMILES string of the molecule is N#Cc1c(O)c2c(-c3ccc(/C=N/OCC(=O)NCc4ccccn4)cc3)csc2[nH]c1=O. The molecule has 0 saturated heterocycles. The number of nitrogens with one attached hydrogen (secondary N) is 2. The molecule has 4 aromatic rings. The van der Waals surface area contributed by atoms with Crippen LogP contribution in [0, 0.1) is 11.3 Å². The van der Waals surface area contributed by atoms with Gasteiger partial charge in [-0.3, -0.25) is 14.6 Å². The summed E-state index contributed by atoms with van der Waals surface area (Å²) in [6, 6.07) is 14.4. The molecule has 0 radical (unpaired) electrons. The molecule has 4 rings (SSSR count). The largest absolute Gasteiger partial charge is 0.506 e. The Labute approximate surface area is 191 Å². The molecule has 0 atom stereocenters. The molecular weight excluding hydrogens is 442 g/mol. The van der Waals surface area contributed by atoms with Crippen molar-refractivity contribution in [2.24, 2.45) is 5.16 Å². The van der Waals surface area contributed by atoms with Gasteiger partial charge in [0.1, 0.15) is 16.6 Å². The van der Waals surface area contributed by atoms with Crippen molar-refractivity contribution in [2.75, 3.05) is 6.61 Å². The molecule has 0 unspecified atom stereocenters. The number of aromatic amines is 1. The fraction of sp³-hybridized carbons (Fsp3) is 0.0870. The lowest BCUT2D eigenvalue weighted by molar-refractivity contribution is -0.125. The second-order valence-electron chi connectivity index (χ2n) is 6.87. The van der Waals surface area contributed by atoms with Crippen LogP contribution >= 0.6 is 11.3 Å². The summed E-state index contributed by atoms with van der Waals surface area (Å²) >= 11 is 1.27. The number of hydrogen-bond acceptors (Lipinski definition) is 8. The number of nitrogens with zero attached hydrogens (tertiary/aromatic N) is 3. The molecule has 33 heavy (non-hydrogen) atoms. The molecule has 0 bridgehead atoms. The van der Waals surface area contributed by atoms with E-state index in [0.717, 1.165) is 16.8 Å². The summed E-state index contributed by atoms with van der Waals surface area (Å²) in [7, 11) is 0. The molecule has 0 spiro atoms. The number of thiophene rings is 1. The molecular formula is C23H17N5O4S. The summed E-state index contributed by atoms with van der Waals surface area (Å²) in [5, 5.41) is 28.3. The first kappa shape index (κ1) is 21.7. The van der Waals surface area contributed by atoms with Crippen LogP contribution in [0.3, 0.4) is 0 Å². The van der Waals surface area contributed by atoms with Crippen LogP contribution in [0.4, 0.5) is 0 Å². The monoisotopic (exact) mass is 459 g/mol. The number of hydrogen-bond donors (Lipinski definition) is 3. The lowest BCUT2D eigenvalue weighted by atomic mass is 10.0. The van der Waals surface area contributed by atoms with Gasteiger partial charge in [-0.05, 0) is 23.3 Å². The standard InChI is InChI=1S/C23H17N5O4S/c24-9-17-21(30)20-18(13-33-23(20)28-22(17)31)15-6-4-14(5-7-15)10-27-32-12-19(29)26-11-16-3-1-2-8-25-16/h1-8,10,13H,11-12H2,(H,26,29)(H2,28,30,31)/b27-10+. The smallest absolute Gasteiger partial charge is 0.270 e. The van der Waals surface area contributed by atoms with Crippen molar-refractivity contribution < 1.29 is 14.7 Å². The highest BCUT2D eigenvalue weighted by Crippen LogP contribution is 2.38. The molecule has 1 aromatic carbocycles. The Balaban J connectivity index is 1.38. The van der Waals surface area contributed by atoms with E-state index in [1.54, 1.807) is 35.8 Å². The molecule has 1 amide bonds. The number of pyridine rings is 2. The first-order chi connectivity index (χ1) is 16.1. The number of carbonyl (C=O) groups excluding carboxylic acids is 1. The van der Waals surface area contributed by atoms with E-state index in [1.165, 1.54) is 17.6 Å². The molecule has 0 aliphatic rings. The summed E-state index contributed by atoms with van der Waals surface area (Å²) in [4.78, 5) is 35.9. The maximum atomic E-state index is 11.9. The molecule has 164 valence electrons. The highest BCUT2D eigenvalue weighted by molar-refractivity contribution is 7.17. The van der Waals surface area contributed by atoms with Gasteiger partial charge in [-0.15, -0.1) is 11.3 Å². The van der Waals surface area contributed by atoms with Gasteiger partial charge in [-0.2, -0.15) is 5.26 Å². The number of oxime groups is 1. The maximum absolute atomic E-state index is 11.9. The minimum absolute atomic E-state index is 0.221. The fourth-order valence-corrected chi connectivity index (χ4v) is 4.05. The lowest BCUT2D eigenvalue weighted by Crippen LogP contribution is -2.26. The average molecular weight is 459 g/mol. The maximum Gasteiger partial charge on any atom is 0.270 e. The zero-order valence-electron chi connectivity index (χ0n) is 17.1. The van der Waals surface area contributed by atoms with Crippen molar-refractivity contribution in [1.82, 2.24) is 15.3 Å². The van der Waals surface area contributed by atoms with Crippen LogP contribution in [0.5, 0.6) is 5.75 Å². The van der Waals surface area contributed by atoms with E-state index < -0.39 is 5.56 Å². The second kappa shape index (κ2) is 9.76. The third kappa shape index (κ3) is 4.89. The third-order valence-electron chi connectivity index (χ3n) is 4.72. The van der Waals surface area contributed by atoms with Gasteiger partial charge >= 0.3 is 0 Å². The zero-order chi connectivity index (χ0) is 23.2. The number of benzene rings is 1. The van der Waals surface area contributed by atoms with Crippen LogP contribution in [0.1, 0.15) is 16.8 Å². The number of amides is 1. The Bertz CT molecular complexity index is 1420. The average Bonchev–Trinajstić information content (AvgIpc) is 3.26. The van der Waals surface area contributed by atoms with Crippen molar-refractivity contribution in [3.8, 4) is 22.9 Å². The van der Waals surface area contributed by atoms with Crippen LogP contribution in [0.2, 0.25) is 0 Å². The van der Waals surface area contributed by atoms with E-state index in [9.17, 15) is 14.7 Å². The zero-order valence-corrected chi connectivity index (χ0v) is 17.9. The van der Waals surface area contributed by atoms with Crippen LogP contribution in [0.15, 0.2) is 64.0 Å². The van der Waals surface area contributed by atoms with Gasteiger partial charge in [0, 0.05) is 17.1 Å². The molecule has 0 aliphatic carbocycles. The Morgan fingerprint density at radius 3 is 2.85 bits per heavy atom. The fourth-order valence-electron chi connectivity index (χ4n) is 3.08. The summed E-state index contributed by atoms with van der Waals surface area (Å²) in [5.74, 6) is -0.639. The van der Waals surface area contributed by atoms with Crippen LogP contribution in [-0.4, -0.2) is 33.8 Å². The van der Waals surface area contributed by atoms with E-state index in [-0.39, 0.29) is 23.8 Å². The Hall–Kier alpha value is -4.49. The van der Waals surface area contributed by atoms with Crippen LogP contribution in [0.25, 0.3) is 21.3 Å². The molecule has 3 N–H and O–H groups in total. The number of fused-ring (bicyclic) bond motifs is 1. The van der Waals surface area contributed by atoms with Crippen LogP contribution in [-0.2, 0) is 16.2 Å². The predicted octanol–water partition coefficient (Wildman–Crippen LogP) is 2.90. The van der Waals surface area contributed by atoms with Crippen molar-refractivity contribution in [1.29, 1.82) is 5.26 Å². The van der Waals surface area contributed by atoms with E-state index in [1.807, 2.05) is 24.3 Å². The summed E-state index contributed by atoms with van der Waals surface area (Å²) in [6.45, 7) is 0.0891. The first-order valence-corrected chi connectivity index (χ1v) is 10.6. The van der Waals surface area contributed by atoms with Gasteiger partial charge in [-0.25, -0.2) is 0 Å². The number of aromatic hydroxyl groups is 1. The van der Waals surface area contributed by atoms with Crippen molar-refractivity contribution in [3.05, 3.63) is 81.2 Å². The number of aromatic nitrogens is 2. The summed E-state index contributed by atoms with van der Waals surface area (Å²) in [5.41, 5.74) is 2.04. The van der Waals surface area contributed by atoms with Gasteiger partial charge in [0.25, 0.3) is 11.5 Å². The minimum Gasteiger partial charge on any atom is -0.506 e. The molecule has 0 fully saturated rings. The predicted molar refractivity (Wildman–Crippen MR) is 124 cm³/mol. The highest BCUT2D eigenvalue weighted by atomic mass is 32.1. The van der Waals surface area contributed by atoms with Gasteiger partial charge < -0.3 is 20.2 Å². The number of rotatable bonds is 7. The summed E-state index contributed by atoms with van der Waals surface area (Å²) in [6.07, 6.45) is 3.13. The third-order valence-corrected chi connectivity index (χ3v) is 5.61. The van der Waals surface area contributed by atoms with Crippen molar-refractivity contribution >= 4 is 33.7 Å². The normalized spacial score (nSPS) is 10.9. The molecule has 3 heterocycles. The van der Waals surface area contributed by atoms with E-state index in [2.05, 4.69) is 20.4 Å². The molecule has 3 aromatic heterocycles. The van der Waals surface area contributed by atoms with E-state index >= 15 is 0 Å². The Morgan fingerprint density at radius 1 is 1.30 bits per heavy atom. The van der Waals surface area contributed by atoms with Gasteiger partial charge in [0.15, 0.2) is 12.2 Å². The van der Waals surface area contributed by atoms with Crippen molar-refractivity contribution in [3.63, 3.8) is 0 Å². The van der Waals surface area contributed by atoms with Gasteiger partial charge in [0.2, 0.25) is 0 Å². The topological polar surface area (TPSA) is 140 Å². The van der Waals surface area contributed by atoms with E-state index in [0.29, 0.717) is 22.3 Å². The lowest BCUT2D eigenvalue weighted by Gasteiger charge is -2.04. The quantitative estimate of drug-likeness (QED) is 0.287. The van der Waals surface area contributed by atoms with E-state index in [4.69, 9.17) is 10.1 Å². The summed E-state index contributed by atoms with van der Waals surface area (Å²) < 4.78 is 0.